The minimum atomic E-state index is -2.71. The van der Waals surface area contributed by atoms with Crippen LogP contribution < -0.4 is 0 Å². The molecule has 5 heteroatoms. The Labute approximate surface area is 47.2 Å². The van der Waals surface area contributed by atoms with Gasteiger partial charge in [0.2, 0.25) is 0 Å². The van der Waals surface area contributed by atoms with Crippen LogP contribution >= 0.6 is 0 Å². The number of carbonyl (C=O) groups excluding carboxylic acids is 1. The molecule has 0 aliphatic heterocycles. The Kier molecular flexibility index (Phi) is 2.51. The number of rotatable bonds is 0. The molecule has 0 N–H and O–H groups in total. The van der Waals surface area contributed by atoms with Crippen molar-refractivity contribution >= 4 is 16.4 Å². The summed E-state index contributed by atoms with van der Waals surface area (Å²) in [5, 5.41) is 0. The SMILES string of the molecule is C#CC(=O)N=S(=O)=O. The van der Waals surface area contributed by atoms with Crippen molar-refractivity contribution in [3.05, 3.63) is 0 Å². The molecule has 0 heterocycles. The molecule has 0 aliphatic carbocycles. The summed E-state index contributed by atoms with van der Waals surface area (Å²) in [4.78, 5) is 9.83. The lowest BCUT2D eigenvalue weighted by Gasteiger charge is -1.62. The summed E-state index contributed by atoms with van der Waals surface area (Å²) in [6.45, 7) is 0. The van der Waals surface area contributed by atoms with Gasteiger partial charge in [-0.1, -0.05) is 4.36 Å². The summed E-state index contributed by atoms with van der Waals surface area (Å²) in [6, 6.07) is 0. The number of amides is 1. The lowest BCUT2D eigenvalue weighted by atomic mass is 10.7. The van der Waals surface area contributed by atoms with Crippen molar-refractivity contribution < 1.29 is 13.2 Å². The van der Waals surface area contributed by atoms with Crippen LogP contribution in [0.4, 0.5) is 0 Å². The summed E-state index contributed by atoms with van der Waals surface area (Å²) in [5.41, 5.74) is 0. The van der Waals surface area contributed by atoms with Gasteiger partial charge in [0, 0.05) is 0 Å². The highest BCUT2D eigenvalue weighted by molar-refractivity contribution is 7.62. The van der Waals surface area contributed by atoms with Crippen LogP contribution in [0.25, 0.3) is 0 Å². The predicted molar refractivity (Wildman–Crippen MR) is 25.2 cm³/mol. The first-order valence-corrected chi connectivity index (χ1v) is 2.51. The molecule has 4 nitrogen and oxygen atoms in total. The molecule has 0 aromatic rings. The smallest absolute Gasteiger partial charge is 0.256 e. The third kappa shape index (κ3) is 3.06. The average Bonchev–Trinajstić information content (AvgIpc) is 1.65. The maximum Gasteiger partial charge on any atom is 0.336 e. The Morgan fingerprint density at radius 3 is 2.25 bits per heavy atom. The Balaban J connectivity index is 4.43. The van der Waals surface area contributed by atoms with E-state index in [0.29, 0.717) is 0 Å². The molecular weight excluding hydrogens is 130 g/mol. The van der Waals surface area contributed by atoms with E-state index in [4.69, 9.17) is 0 Å². The number of hydrogen-bond acceptors (Lipinski definition) is 3. The van der Waals surface area contributed by atoms with E-state index in [2.05, 4.69) is 10.8 Å². The molecule has 0 atom stereocenters. The fraction of sp³-hybridized carbons (Fsp3) is 0. The zero-order valence-corrected chi connectivity index (χ0v) is 4.47. The van der Waals surface area contributed by atoms with Crippen LogP contribution in [0.15, 0.2) is 4.36 Å². The standard InChI is InChI=1S/C3HNO3S/c1-2-3(5)4-8(6)7/h1H. The molecule has 0 aromatic heterocycles. The molecule has 0 aliphatic rings. The second-order valence-electron chi connectivity index (χ2n) is 0.758. The van der Waals surface area contributed by atoms with E-state index in [0.717, 1.165) is 0 Å². The first-order valence-electron chi connectivity index (χ1n) is 1.48. The molecule has 0 rings (SSSR count). The van der Waals surface area contributed by atoms with Crippen molar-refractivity contribution in [3.63, 3.8) is 0 Å². The lowest BCUT2D eigenvalue weighted by molar-refractivity contribution is -0.112. The van der Waals surface area contributed by atoms with Crippen LogP contribution in [-0.2, 0) is 15.3 Å². The lowest BCUT2D eigenvalue weighted by Crippen LogP contribution is -1.82. The van der Waals surface area contributed by atoms with Gasteiger partial charge in [-0.2, -0.15) is 8.42 Å². The van der Waals surface area contributed by atoms with E-state index in [1.54, 1.807) is 0 Å². The van der Waals surface area contributed by atoms with Crippen LogP contribution in [0.5, 0.6) is 0 Å². The number of nitrogens with zero attached hydrogens (tertiary/aromatic N) is 1. The highest BCUT2D eigenvalue weighted by Gasteiger charge is 1.86. The van der Waals surface area contributed by atoms with E-state index in [9.17, 15) is 13.2 Å². The highest BCUT2D eigenvalue weighted by Crippen LogP contribution is 1.66. The second-order valence-corrected chi connectivity index (χ2v) is 1.37. The Morgan fingerprint density at radius 1 is 1.62 bits per heavy atom. The van der Waals surface area contributed by atoms with Crippen molar-refractivity contribution in [1.82, 2.24) is 0 Å². The fourth-order valence-electron chi connectivity index (χ4n) is 0.0940. The van der Waals surface area contributed by atoms with Gasteiger partial charge in [0.15, 0.2) is 0 Å². The maximum absolute atomic E-state index is 9.83. The van der Waals surface area contributed by atoms with Crippen molar-refractivity contribution in [2.45, 2.75) is 0 Å². The molecule has 0 bridgehead atoms. The molecule has 42 valence electrons. The predicted octanol–water partition coefficient (Wildman–Crippen LogP) is -0.791. The van der Waals surface area contributed by atoms with Gasteiger partial charge in [-0.05, 0) is 5.92 Å². The van der Waals surface area contributed by atoms with Gasteiger partial charge in [0.05, 0.1) is 0 Å². The van der Waals surface area contributed by atoms with Gasteiger partial charge in [0.25, 0.3) is 0 Å². The fourth-order valence-corrected chi connectivity index (χ4v) is 0.282. The quantitative estimate of drug-likeness (QED) is 0.404. The number of hydrogen-bond donors (Lipinski definition) is 0. The zero-order valence-electron chi connectivity index (χ0n) is 3.66. The van der Waals surface area contributed by atoms with Crippen LogP contribution in [0, 0.1) is 12.3 Å². The van der Waals surface area contributed by atoms with Crippen LogP contribution in [-0.4, -0.2) is 14.3 Å². The van der Waals surface area contributed by atoms with Crippen LogP contribution in [0.1, 0.15) is 0 Å². The van der Waals surface area contributed by atoms with Crippen LogP contribution in [0.3, 0.4) is 0 Å². The van der Waals surface area contributed by atoms with E-state index in [1.807, 2.05) is 0 Å². The Bertz CT molecular complexity index is 247. The first kappa shape index (κ1) is 6.85. The maximum atomic E-state index is 9.83. The summed E-state index contributed by atoms with van der Waals surface area (Å²) in [5.74, 6) is 0.413. The summed E-state index contributed by atoms with van der Waals surface area (Å²) >= 11 is 0. The Morgan fingerprint density at radius 2 is 2.12 bits per heavy atom. The molecule has 1 amide bonds. The molecular formula is C3HNO3S. The van der Waals surface area contributed by atoms with Crippen molar-refractivity contribution in [3.8, 4) is 12.3 Å². The zero-order chi connectivity index (χ0) is 6.57. The monoisotopic (exact) mass is 131 g/mol. The first-order chi connectivity index (χ1) is 3.66. The second kappa shape index (κ2) is 2.93. The minimum absolute atomic E-state index is 1.08. The van der Waals surface area contributed by atoms with Gasteiger partial charge >= 0.3 is 16.4 Å². The van der Waals surface area contributed by atoms with E-state index in [-0.39, 0.29) is 0 Å². The van der Waals surface area contributed by atoms with Gasteiger partial charge in [0.1, 0.15) is 0 Å². The van der Waals surface area contributed by atoms with Gasteiger partial charge in [-0.3, -0.25) is 4.79 Å². The summed E-state index contributed by atoms with van der Waals surface area (Å²) < 4.78 is 21.4. The molecule has 0 unspecified atom stereocenters. The topological polar surface area (TPSA) is 63.6 Å². The highest BCUT2D eigenvalue weighted by atomic mass is 32.2. The minimum Gasteiger partial charge on any atom is -0.256 e. The van der Waals surface area contributed by atoms with Crippen molar-refractivity contribution in [1.29, 1.82) is 0 Å². The van der Waals surface area contributed by atoms with Crippen molar-refractivity contribution in [2.75, 3.05) is 0 Å². The molecule has 0 radical (unpaired) electrons. The molecule has 0 spiro atoms. The molecule has 0 fully saturated rings. The van der Waals surface area contributed by atoms with Gasteiger partial charge in [-0.15, -0.1) is 6.42 Å². The largest absolute Gasteiger partial charge is 0.336 e. The molecule has 8 heavy (non-hydrogen) atoms. The van der Waals surface area contributed by atoms with Gasteiger partial charge < -0.3 is 0 Å². The van der Waals surface area contributed by atoms with Gasteiger partial charge in [-0.25, -0.2) is 0 Å². The van der Waals surface area contributed by atoms with Crippen LogP contribution in [0.2, 0.25) is 0 Å². The number of carbonyl (C=O) groups is 1. The molecule has 0 aromatic carbocycles. The molecule has 0 saturated heterocycles. The normalized spacial score (nSPS) is 6.88. The Hall–Kier alpha value is -1.15. The average molecular weight is 131 g/mol. The van der Waals surface area contributed by atoms with Crippen molar-refractivity contribution in [2.24, 2.45) is 4.36 Å². The molecule has 0 saturated carbocycles. The van der Waals surface area contributed by atoms with E-state index in [1.165, 1.54) is 5.92 Å². The van der Waals surface area contributed by atoms with E-state index >= 15 is 0 Å². The third-order valence-electron chi connectivity index (χ3n) is 0.281. The third-order valence-corrected chi connectivity index (χ3v) is 0.596. The number of terminal acetylenes is 1. The summed E-state index contributed by atoms with van der Waals surface area (Å²) in [7, 11) is -2.71. The summed E-state index contributed by atoms with van der Waals surface area (Å²) in [6.07, 6.45) is 4.45. The van der Waals surface area contributed by atoms with E-state index < -0.39 is 16.4 Å².